The Balaban J connectivity index is 1.27. The lowest BCUT2D eigenvalue weighted by atomic mass is 9.91. The SMILES string of the molecule is Cn1nnc2c1CCC1CC1(COC(=O)NCCOCCOCCNN)CC2. The van der Waals surface area contributed by atoms with Crippen molar-refractivity contribution in [2.45, 2.75) is 32.1 Å². The number of amides is 1. The molecule has 2 unspecified atom stereocenters. The number of alkyl carbamates (subject to hydrolysis) is 1. The van der Waals surface area contributed by atoms with Crippen LogP contribution >= 0.6 is 0 Å². The number of aromatic nitrogens is 3. The van der Waals surface area contributed by atoms with Crippen LogP contribution in [0.15, 0.2) is 0 Å². The van der Waals surface area contributed by atoms with Gasteiger partial charge in [0.1, 0.15) is 0 Å². The van der Waals surface area contributed by atoms with Crippen molar-refractivity contribution in [2.75, 3.05) is 46.1 Å². The van der Waals surface area contributed by atoms with Crippen LogP contribution in [-0.4, -0.2) is 67.2 Å². The highest BCUT2D eigenvalue weighted by Crippen LogP contribution is 2.58. The fourth-order valence-corrected chi connectivity index (χ4v) is 3.93. The zero-order chi connectivity index (χ0) is 19.8. The number of hydrogen-bond acceptors (Lipinski definition) is 8. The van der Waals surface area contributed by atoms with Crippen LogP contribution in [0.2, 0.25) is 0 Å². The number of nitrogens with zero attached hydrogens (tertiary/aromatic N) is 3. The molecule has 1 fully saturated rings. The number of rotatable bonds is 11. The molecule has 0 spiro atoms. The van der Waals surface area contributed by atoms with E-state index in [1.165, 1.54) is 5.69 Å². The molecule has 1 heterocycles. The third kappa shape index (κ3) is 5.63. The van der Waals surface area contributed by atoms with Crippen molar-refractivity contribution < 1.29 is 19.0 Å². The van der Waals surface area contributed by atoms with Crippen molar-refractivity contribution >= 4 is 6.09 Å². The monoisotopic (exact) mass is 396 g/mol. The van der Waals surface area contributed by atoms with Crippen molar-refractivity contribution in [1.82, 2.24) is 25.7 Å². The molecule has 0 saturated heterocycles. The smallest absolute Gasteiger partial charge is 0.407 e. The van der Waals surface area contributed by atoms with E-state index in [9.17, 15) is 4.79 Å². The van der Waals surface area contributed by atoms with Crippen LogP contribution in [0, 0.1) is 11.3 Å². The minimum absolute atomic E-state index is 0.124. The standard InChI is InChI=1S/C18H32N6O4/c1-24-16-3-2-14-12-18(14,5-4-15(16)22-23-24)13-28-17(25)20-6-8-26-10-11-27-9-7-21-19/h14,21H,2-13,19H2,1H3,(H,20,25). The van der Waals surface area contributed by atoms with Crippen molar-refractivity contribution in [3.8, 4) is 0 Å². The van der Waals surface area contributed by atoms with Crippen molar-refractivity contribution in [2.24, 2.45) is 24.2 Å². The summed E-state index contributed by atoms with van der Waals surface area (Å²) in [7, 11) is 1.96. The number of hydrazine groups is 1. The van der Waals surface area contributed by atoms with Gasteiger partial charge >= 0.3 is 6.09 Å². The molecule has 0 aromatic carbocycles. The average molecular weight is 396 g/mol. The second kappa shape index (κ2) is 10.1. The zero-order valence-corrected chi connectivity index (χ0v) is 16.6. The molecule has 1 aromatic heterocycles. The molecule has 1 saturated carbocycles. The second-order valence-corrected chi connectivity index (χ2v) is 7.59. The highest BCUT2D eigenvalue weighted by atomic mass is 16.6. The van der Waals surface area contributed by atoms with Crippen LogP contribution in [0.25, 0.3) is 0 Å². The molecule has 2 aliphatic carbocycles. The van der Waals surface area contributed by atoms with Gasteiger partial charge in [-0.25, -0.2) is 4.79 Å². The number of ether oxygens (including phenoxy) is 3. The molecule has 2 atom stereocenters. The fraction of sp³-hybridized carbons (Fsp3) is 0.833. The summed E-state index contributed by atoms with van der Waals surface area (Å²) in [5.74, 6) is 5.76. The average Bonchev–Trinajstić information content (AvgIpc) is 3.24. The van der Waals surface area contributed by atoms with Crippen molar-refractivity contribution in [3.05, 3.63) is 11.4 Å². The fourth-order valence-electron chi connectivity index (χ4n) is 3.93. The Morgan fingerprint density at radius 1 is 1.25 bits per heavy atom. The maximum absolute atomic E-state index is 12.0. The molecular weight excluding hydrogens is 364 g/mol. The predicted molar refractivity (Wildman–Crippen MR) is 101 cm³/mol. The van der Waals surface area contributed by atoms with E-state index in [-0.39, 0.29) is 11.5 Å². The van der Waals surface area contributed by atoms with E-state index in [2.05, 4.69) is 21.1 Å². The first kappa shape index (κ1) is 21.0. The summed E-state index contributed by atoms with van der Waals surface area (Å²) in [6.07, 6.45) is 4.76. The molecular formula is C18H32N6O4. The Bertz CT molecular complexity index is 640. The topological polar surface area (TPSA) is 126 Å². The number of nitrogens with one attached hydrogen (secondary N) is 2. The zero-order valence-electron chi connectivity index (χ0n) is 16.6. The van der Waals surface area contributed by atoms with Gasteiger partial charge in [-0.15, -0.1) is 5.10 Å². The number of fused-ring (bicyclic) bond motifs is 2. The maximum atomic E-state index is 12.0. The Labute approximate surface area is 165 Å². The van der Waals surface area contributed by atoms with E-state index in [1.54, 1.807) is 0 Å². The van der Waals surface area contributed by atoms with Crippen molar-refractivity contribution in [3.63, 3.8) is 0 Å². The summed E-state index contributed by atoms with van der Waals surface area (Å²) in [6.45, 7) is 3.46. The Morgan fingerprint density at radius 3 is 2.82 bits per heavy atom. The summed E-state index contributed by atoms with van der Waals surface area (Å²) >= 11 is 0. The second-order valence-electron chi connectivity index (χ2n) is 7.59. The van der Waals surface area contributed by atoms with Gasteiger partial charge in [0.25, 0.3) is 0 Å². The van der Waals surface area contributed by atoms with Gasteiger partial charge in [0.15, 0.2) is 0 Å². The number of nitrogens with two attached hydrogens (primary N) is 1. The highest BCUT2D eigenvalue weighted by molar-refractivity contribution is 5.67. The van der Waals surface area contributed by atoms with E-state index in [0.717, 1.165) is 37.8 Å². The molecule has 10 heteroatoms. The van der Waals surface area contributed by atoms with Crippen molar-refractivity contribution in [1.29, 1.82) is 0 Å². The number of aryl methyl sites for hydroxylation is 2. The quantitative estimate of drug-likeness (QED) is 0.269. The first-order chi connectivity index (χ1) is 13.6. The predicted octanol–water partition coefficient (Wildman–Crippen LogP) is -0.0771. The molecule has 3 rings (SSSR count). The highest BCUT2D eigenvalue weighted by Gasteiger charge is 2.54. The molecule has 28 heavy (non-hydrogen) atoms. The van der Waals surface area contributed by atoms with Gasteiger partial charge in [-0.3, -0.25) is 16.0 Å². The molecule has 2 aliphatic rings. The first-order valence-corrected chi connectivity index (χ1v) is 10.0. The summed E-state index contributed by atoms with van der Waals surface area (Å²) < 4.78 is 18.1. The van der Waals surface area contributed by atoms with Crippen LogP contribution in [0.5, 0.6) is 0 Å². The molecule has 4 N–H and O–H groups in total. The molecule has 1 aromatic rings. The lowest BCUT2D eigenvalue weighted by molar-refractivity contribution is 0.0488. The van der Waals surface area contributed by atoms with Gasteiger partial charge in [0.2, 0.25) is 0 Å². The van der Waals surface area contributed by atoms with E-state index in [0.29, 0.717) is 52.0 Å². The molecule has 0 aliphatic heterocycles. The summed E-state index contributed by atoms with van der Waals surface area (Å²) in [6, 6.07) is 0. The maximum Gasteiger partial charge on any atom is 0.407 e. The van der Waals surface area contributed by atoms with Gasteiger partial charge in [-0.2, -0.15) is 0 Å². The van der Waals surface area contributed by atoms with Crippen LogP contribution in [0.1, 0.15) is 30.7 Å². The van der Waals surface area contributed by atoms with Gasteiger partial charge in [0, 0.05) is 25.6 Å². The Kier molecular flexibility index (Phi) is 7.60. The lowest BCUT2D eigenvalue weighted by Crippen LogP contribution is -2.31. The number of hydrogen-bond donors (Lipinski definition) is 3. The first-order valence-electron chi connectivity index (χ1n) is 10.0. The molecule has 0 bridgehead atoms. The van der Waals surface area contributed by atoms with Crippen LogP contribution < -0.4 is 16.6 Å². The lowest BCUT2D eigenvalue weighted by Gasteiger charge is -2.20. The number of carbonyl (C=O) groups is 1. The summed E-state index contributed by atoms with van der Waals surface area (Å²) in [5.41, 5.74) is 4.98. The molecule has 10 nitrogen and oxygen atoms in total. The van der Waals surface area contributed by atoms with E-state index in [4.69, 9.17) is 20.1 Å². The van der Waals surface area contributed by atoms with E-state index >= 15 is 0 Å². The summed E-state index contributed by atoms with van der Waals surface area (Å²) in [5, 5.41) is 11.2. The third-order valence-electron chi connectivity index (χ3n) is 5.74. The Hall–Kier alpha value is -1.75. The van der Waals surface area contributed by atoms with Gasteiger partial charge in [-0.1, -0.05) is 5.21 Å². The van der Waals surface area contributed by atoms with Crippen LogP contribution in [0.4, 0.5) is 4.79 Å². The molecule has 158 valence electrons. The van der Waals surface area contributed by atoms with Crippen LogP contribution in [-0.2, 0) is 34.1 Å². The number of carbonyl (C=O) groups excluding carboxylic acids is 1. The minimum atomic E-state index is -0.379. The summed E-state index contributed by atoms with van der Waals surface area (Å²) in [4.78, 5) is 12.0. The van der Waals surface area contributed by atoms with E-state index in [1.807, 2.05) is 11.7 Å². The minimum Gasteiger partial charge on any atom is -0.449 e. The molecule has 0 radical (unpaired) electrons. The van der Waals surface area contributed by atoms with Crippen LogP contribution in [0.3, 0.4) is 0 Å². The molecule has 1 amide bonds. The van der Waals surface area contributed by atoms with Gasteiger partial charge in [-0.05, 0) is 38.0 Å². The third-order valence-corrected chi connectivity index (χ3v) is 5.74. The van der Waals surface area contributed by atoms with E-state index < -0.39 is 0 Å². The normalized spacial score (nSPS) is 23.3. The van der Waals surface area contributed by atoms with Gasteiger partial charge in [0.05, 0.1) is 44.4 Å². The Morgan fingerprint density at radius 2 is 2.04 bits per heavy atom. The largest absolute Gasteiger partial charge is 0.449 e. The van der Waals surface area contributed by atoms with Gasteiger partial charge < -0.3 is 19.5 Å².